The Morgan fingerprint density at radius 1 is 1.15 bits per heavy atom. The van der Waals surface area contributed by atoms with Gasteiger partial charge in [0.05, 0.1) is 5.57 Å². The maximum Gasteiger partial charge on any atom is 0.416 e. The molecule has 0 N–H and O–H groups in total. The van der Waals surface area contributed by atoms with E-state index in [1.807, 2.05) is 0 Å². The summed E-state index contributed by atoms with van der Waals surface area (Å²) in [6.07, 6.45) is -4.35. The molecule has 0 aliphatic heterocycles. The topological polar surface area (TPSA) is 0 Å². The Morgan fingerprint density at radius 3 is 2.00 bits per heavy atom. The van der Waals surface area contributed by atoms with Crippen LogP contribution in [0.15, 0.2) is 35.3 Å². The van der Waals surface area contributed by atoms with E-state index in [1.165, 1.54) is 12.1 Å². The van der Waals surface area contributed by atoms with Crippen molar-refractivity contribution < 1.29 is 13.2 Å². The molecule has 0 spiro atoms. The number of benzene rings is 1. The van der Waals surface area contributed by atoms with E-state index in [0.29, 0.717) is 0 Å². The quantitative estimate of drug-likeness (QED) is 0.706. The van der Waals surface area contributed by atoms with E-state index >= 15 is 0 Å². The van der Waals surface area contributed by atoms with E-state index in [0.717, 1.165) is 4.47 Å². The van der Waals surface area contributed by atoms with Crippen molar-refractivity contribution in [3.63, 3.8) is 0 Å². The van der Waals surface area contributed by atoms with Crippen LogP contribution in [0.2, 0.25) is 0 Å². The van der Waals surface area contributed by atoms with Gasteiger partial charge in [-0.1, -0.05) is 34.6 Å². The van der Waals surface area contributed by atoms with Crippen molar-refractivity contribution in [1.29, 1.82) is 0 Å². The van der Waals surface area contributed by atoms with Crippen LogP contribution in [0.4, 0.5) is 13.2 Å². The highest BCUT2D eigenvalue weighted by atomic mass is 79.9. The van der Waals surface area contributed by atoms with Crippen LogP contribution in [0, 0.1) is 0 Å². The first-order chi connectivity index (χ1) is 5.91. The van der Waals surface area contributed by atoms with Crippen LogP contribution >= 0.6 is 15.9 Å². The molecule has 0 nitrogen and oxygen atoms in total. The molecule has 0 fully saturated rings. The van der Waals surface area contributed by atoms with Crippen LogP contribution in [-0.4, -0.2) is 6.18 Å². The minimum absolute atomic E-state index is 0.0932. The third-order valence-corrected chi connectivity index (χ3v) is 2.06. The number of halogens is 4. The zero-order chi connectivity index (χ0) is 10.1. The van der Waals surface area contributed by atoms with Gasteiger partial charge in [0.25, 0.3) is 0 Å². The molecule has 0 atom stereocenters. The van der Waals surface area contributed by atoms with Crippen LogP contribution in [0.25, 0.3) is 5.57 Å². The summed E-state index contributed by atoms with van der Waals surface area (Å²) in [6.45, 7) is 2.99. The van der Waals surface area contributed by atoms with Gasteiger partial charge in [-0.2, -0.15) is 13.2 Å². The Bertz CT molecular complexity index is 311. The minimum atomic E-state index is -4.35. The molecule has 0 bridgehead atoms. The number of allylic oxidation sites excluding steroid dienone is 1. The fourth-order valence-electron chi connectivity index (χ4n) is 0.815. The monoisotopic (exact) mass is 250 g/mol. The summed E-state index contributed by atoms with van der Waals surface area (Å²) >= 11 is 3.13. The Balaban J connectivity index is 2.97. The predicted octanol–water partition coefficient (Wildman–Crippen LogP) is 4.02. The number of rotatable bonds is 1. The summed E-state index contributed by atoms with van der Waals surface area (Å²) in [4.78, 5) is 0. The van der Waals surface area contributed by atoms with Gasteiger partial charge < -0.3 is 0 Å². The number of hydrogen-bond donors (Lipinski definition) is 0. The van der Waals surface area contributed by atoms with Crippen molar-refractivity contribution in [2.75, 3.05) is 0 Å². The van der Waals surface area contributed by atoms with Crippen molar-refractivity contribution in [2.24, 2.45) is 0 Å². The van der Waals surface area contributed by atoms with E-state index in [2.05, 4.69) is 22.5 Å². The van der Waals surface area contributed by atoms with Crippen molar-refractivity contribution in [2.45, 2.75) is 6.18 Å². The molecule has 0 saturated carbocycles. The van der Waals surface area contributed by atoms with E-state index in [-0.39, 0.29) is 5.56 Å². The standard InChI is InChI=1S/C9H6BrF3/c1-6(9(11,12)13)7-2-4-8(10)5-3-7/h2-5H,1H2. The Hall–Kier alpha value is -0.770. The second-order valence-corrected chi connectivity index (χ2v) is 3.40. The molecule has 0 aliphatic carbocycles. The van der Waals surface area contributed by atoms with E-state index in [1.54, 1.807) is 12.1 Å². The molecule has 0 unspecified atom stereocenters. The summed E-state index contributed by atoms with van der Waals surface area (Å²) in [5, 5.41) is 0. The maximum atomic E-state index is 12.1. The highest BCUT2D eigenvalue weighted by Crippen LogP contribution is 2.32. The number of hydrogen-bond acceptors (Lipinski definition) is 0. The van der Waals surface area contributed by atoms with Gasteiger partial charge in [0.2, 0.25) is 0 Å². The van der Waals surface area contributed by atoms with Crippen molar-refractivity contribution >= 4 is 21.5 Å². The first-order valence-corrected chi connectivity index (χ1v) is 4.22. The summed E-state index contributed by atoms with van der Waals surface area (Å²) in [5.41, 5.74) is -0.726. The molecule has 0 amide bonds. The first kappa shape index (κ1) is 10.3. The van der Waals surface area contributed by atoms with Crippen LogP contribution < -0.4 is 0 Å². The normalized spacial score (nSPS) is 11.4. The average molecular weight is 251 g/mol. The lowest BCUT2D eigenvalue weighted by Gasteiger charge is -2.09. The van der Waals surface area contributed by atoms with Crippen molar-refractivity contribution in [3.8, 4) is 0 Å². The lowest BCUT2D eigenvalue weighted by Crippen LogP contribution is -2.09. The van der Waals surface area contributed by atoms with Crippen LogP contribution in [-0.2, 0) is 0 Å². The van der Waals surface area contributed by atoms with E-state index < -0.39 is 11.7 Å². The van der Waals surface area contributed by atoms with E-state index in [4.69, 9.17) is 0 Å². The molecule has 70 valence electrons. The molecule has 0 saturated heterocycles. The SMILES string of the molecule is C=C(c1ccc(Br)cc1)C(F)(F)F. The fraction of sp³-hybridized carbons (Fsp3) is 0.111. The minimum Gasteiger partial charge on any atom is -0.166 e. The van der Waals surface area contributed by atoms with Crippen LogP contribution in [0.3, 0.4) is 0 Å². The third-order valence-electron chi connectivity index (χ3n) is 1.53. The molecule has 0 heterocycles. The van der Waals surface area contributed by atoms with Crippen LogP contribution in [0.5, 0.6) is 0 Å². The van der Waals surface area contributed by atoms with Gasteiger partial charge in [0.15, 0.2) is 0 Å². The summed E-state index contributed by atoms with van der Waals surface area (Å²) < 4.78 is 37.1. The highest BCUT2D eigenvalue weighted by Gasteiger charge is 2.32. The molecule has 4 heteroatoms. The molecule has 1 aromatic rings. The Labute approximate surface area is 82.2 Å². The second-order valence-electron chi connectivity index (χ2n) is 2.48. The highest BCUT2D eigenvalue weighted by molar-refractivity contribution is 9.10. The number of alkyl halides is 3. The molecule has 0 aromatic heterocycles. The van der Waals surface area contributed by atoms with Gasteiger partial charge in [-0.05, 0) is 17.7 Å². The Morgan fingerprint density at radius 2 is 1.62 bits per heavy atom. The molecule has 0 aliphatic rings. The lowest BCUT2D eigenvalue weighted by atomic mass is 10.1. The molecular weight excluding hydrogens is 245 g/mol. The van der Waals surface area contributed by atoms with Crippen molar-refractivity contribution in [3.05, 3.63) is 40.9 Å². The molecule has 1 aromatic carbocycles. The van der Waals surface area contributed by atoms with Gasteiger partial charge in [-0.25, -0.2) is 0 Å². The first-order valence-electron chi connectivity index (χ1n) is 3.43. The molecule has 13 heavy (non-hydrogen) atoms. The molecule has 1 rings (SSSR count). The Kier molecular flexibility index (Phi) is 2.81. The van der Waals surface area contributed by atoms with Crippen LogP contribution in [0.1, 0.15) is 5.56 Å². The van der Waals surface area contributed by atoms with Gasteiger partial charge in [-0.3, -0.25) is 0 Å². The van der Waals surface area contributed by atoms with Gasteiger partial charge in [0, 0.05) is 4.47 Å². The lowest BCUT2D eigenvalue weighted by molar-refractivity contribution is -0.0686. The maximum absolute atomic E-state index is 12.1. The van der Waals surface area contributed by atoms with Gasteiger partial charge in [0.1, 0.15) is 0 Å². The summed E-state index contributed by atoms with van der Waals surface area (Å²) in [5.74, 6) is 0. The molecular formula is C9H6BrF3. The van der Waals surface area contributed by atoms with Crippen molar-refractivity contribution in [1.82, 2.24) is 0 Å². The smallest absolute Gasteiger partial charge is 0.166 e. The fourth-order valence-corrected chi connectivity index (χ4v) is 1.08. The zero-order valence-electron chi connectivity index (χ0n) is 6.53. The zero-order valence-corrected chi connectivity index (χ0v) is 8.11. The second kappa shape index (κ2) is 3.54. The predicted molar refractivity (Wildman–Crippen MR) is 49.2 cm³/mol. The third kappa shape index (κ3) is 2.59. The van der Waals surface area contributed by atoms with Gasteiger partial charge >= 0.3 is 6.18 Å². The average Bonchev–Trinajstić information content (AvgIpc) is 2.03. The largest absolute Gasteiger partial charge is 0.416 e. The summed E-state index contributed by atoms with van der Waals surface area (Å²) in [6, 6.07) is 5.85. The molecule has 0 radical (unpaired) electrons. The van der Waals surface area contributed by atoms with E-state index in [9.17, 15) is 13.2 Å². The van der Waals surface area contributed by atoms with Gasteiger partial charge in [-0.15, -0.1) is 0 Å². The summed E-state index contributed by atoms with van der Waals surface area (Å²) in [7, 11) is 0.